The van der Waals surface area contributed by atoms with E-state index in [1.54, 1.807) is 13.0 Å². The Morgan fingerprint density at radius 3 is 2.82 bits per heavy atom. The first-order valence-electron chi connectivity index (χ1n) is 6.84. The number of aliphatic carboxylic acids is 1. The van der Waals surface area contributed by atoms with Gasteiger partial charge in [-0.15, -0.1) is 0 Å². The number of halogens is 1. The number of carboxylic acids is 1. The Labute approximate surface area is 130 Å². The summed E-state index contributed by atoms with van der Waals surface area (Å²) in [6.07, 6.45) is 0.395. The van der Waals surface area contributed by atoms with E-state index in [0.717, 1.165) is 10.9 Å². The predicted octanol–water partition coefficient (Wildman–Crippen LogP) is 2.31. The van der Waals surface area contributed by atoms with E-state index >= 15 is 0 Å². The number of carbonyl (C=O) groups excluding carboxylic acids is 1. The van der Waals surface area contributed by atoms with Crippen molar-refractivity contribution in [3.63, 3.8) is 0 Å². The molecule has 1 aliphatic heterocycles. The van der Waals surface area contributed by atoms with Crippen LogP contribution >= 0.6 is 11.8 Å². The van der Waals surface area contributed by atoms with Crippen molar-refractivity contribution in [3.8, 4) is 0 Å². The van der Waals surface area contributed by atoms with E-state index in [9.17, 15) is 19.1 Å². The van der Waals surface area contributed by atoms with Gasteiger partial charge in [0.25, 0.3) is 5.91 Å². The van der Waals surface area contributed by atoms with Crippen LogP contribution in [-0.4, -0.2) is 39.0 Å². The number of carboxylic acid groups (broad SMARTS) is 1. The first-order valence-corrected chi connectivity index (χ1v) is 7.99. The third-order valence-electron chi connectivity index (χ3n) is 3.94. The molecule has 2 heterocycles. The SMILES string of the molecule is Cc1cc(F)cc2[nH]c(C(=O)NC3(C(=O)O)CCSC3)cc12. The van der Waals surface area contributed by atoms with E-state index in [1.807, 2.05) is 0 Å². The molecule has 1 atom stereocenters. The second-order valence-electron chi connectivity index (χ2n) is 5.51. The van der Waals surface area contributed by atoms with Crippen LogP contribution in [0.3, 0.4) is 0 Å². The Hall–Kier alpha value is -2.02. The van der Waals surface area contributed by atoms with Gasteiger partial charge in [0.15, 0.2) is 0 Å². The highest BCUT2D eigenvalue weighted by Gasteiger charge is 2.43. The molecule has 5 nitrogen and oxygen atoms in total. The number of aryl methyl sites for hydroxylation is 1. The highest BCUT2D eigenvalue weighted by Crippen LogP contribution is 2.29. The van der Waals surface area contributed by atoms with Crippen molar-refractivity contribution in [1.29, 1.82) is 0 Å². The maximum absolute atomic E-state index is 13.4. The lowest BCUT2D eigenvalue weighted by molar-refractivity contribution is -0.143. The molecule has 1 saturated heterocycles. The summed E-state index contributed by atoms with van der Waals surface area (Å²) < 4.78 is 13.4. The highest BCUT2D eigenvalue weighted by molar-refractivity contribution is 7.99. The summed E-state index contributed by atoms with van der Waals surface area (Å²) in [5, 5.41) is 12.8. The smallest absolute Gasteiger partial charge is 0.330 e. The molecule has 22 heavy (non-hydrogen) atoms. The molecule has 3 rings (SSSR count). The van der Waals surface area contributed by atoms with Crippen LogP contribution in [0.4, 0.5) is 4.39 Å². The fourth-order valence-corrected chi connectivity index (χ4v) is 3.99. The molecule has 1 unspecified atom stereocenters. The molecule has 1 aromatic heterocycles. The van der Waals surface area contributed by atoms with Crippen molar-refractivity contribution >= 4 is 34.5 Å². The van der Waals surface area contributed by atoms with Gasteiger partial charge in [-0.2, -0.15) is 11.8 Å². The summed E-state index contributed by atoms with van der Waals surface area (Å²) in [4.78, 5) is 26.7. The van der Waals surface area contributed by atoms with Crippen molar-refractivity contribution < 1.29 is 19.1 Å². The molecule has 0 spiro atoms. The molecule has 1 aliphatic rings. The summed E-state index contributed by atoms with van der Waals surface area (Å²) in [5.74, 6) is -0.843. The largest absolute Gasteiger partial charge is 0.479 e. The maximum Gasteiger partial charge on any atom is 0.330 e. The van der Waals surface area contributed by atoms with Gasteiger partial charge >= 0.3 is 5.97 Å². The fourth-order valence-electron chi connectivity index (χ4n) is 2.67. The average molecular weight is 322 g/mol. The van der Waals surface area contributed by atoms with Crippen molar-refractivity contribution in [2.24, 2.45) is 0 Å². The zero-order valence-corrected chi connectivity index (χ0v) is 12.7. The molecule has 0 bridgehead atoms. The second kappa shape index (κ2) is 5.31. The Bertz CT molecular complexity index is 765. The molecule has 116 valence electrons. The van der Waals surface area contributed by atoms with Gasteiger partial charge in [0, 0.05) is 16.7 Å². The first-order chi connectivity index (χ1) is 10.4. The van der Waals surface area contributed by atoms with Crippen LogP contribution in [0.5, 0.6) is 0 Å². The fraction of sp³-hybridized carbons (Fsp3) is 0.333. The van der Waals surface area contributed by atoms with Gasteiger partial charge in [0.1, 0.15) is 17.1 Å². The number of aromatic nitrogens is 1. The summed E-state index contributed by atoms with van der Waals surface area (Å²) in [5.41, 5.74) is 0.253. The lowest BCUT2D eigenvalue weighted by atomic mass is 9.99. The number of H-pyrrole nitrogens is 1. The number of fused-ring (bicyclic) bond motifs is 1. The molecular weight excluding hydrogens is 307 g/mol. The van der Waals surface area contributed by atoms with Gasteiger partial charge in [-0.05, 0) is 42.9 Å². The van der Waals surface area contributed by atoms with Crippen LogP contribution in [0, 0.1) is 12.7 Å². The third-order valence-corrected chi connectivity index (χ3v) is 5.13. The molecule has 1 amide bonds. The number of nitrogens with one attached hydrogen (secondary N) is 2. The molecule has 0 saturated carbocycles. The number of aromatic amines is 1. The van der Waals surface area contributed by atoms with Crippen LogP contribution in [0.25, 0.3) is 10.9 Å². The van der Waals surface area contributed by atoms with E-state index < -0.39 is 17.4 Å². The quantitative estimate of drug-likeness (QED) is 0.810. The lowest BCUT2D eigenvalue weighted by Gasteiger charge is -2.24. The van der Waals surface area contributed by atoms with Gasteiger partial charge < -0.3 is 15.4 Å². The predicted molar refractivity (Wildman–Crippen MR) is 82.8 cm³/mol. The van der Waals surface area contributed by atoms with Gasteiger partial charge in [0.2, 0.25) is 0 Å². The number of carbonyl (C=O) groups is 2. The topological polar surface area (TPSA) is 82.2 Å². The van der Waals surface area contributed by atoms with Crippen LogP contribution in [0.15, 0.2) is 18.2 Å². The monoisotopic (exact) mass is 322 g/mol. The van der Waals surface area contributed by atoms with Crippen molar-refractivity contribution in [2.75, 3.05) is 11.5 Å². The number of benzene rings is 1. The van der Waals surface area contributed by atoms with Gasteiger partial charge in [-0.25, -0.2) is 9.18 Å². The number of rotatable bonds is 3. The molecule has 2 aromatic rings. The Morgan fingerprint density at radius 2 is 2.18 bits per heavy atom. The van der Waals surface area contributed by atoms with E-state index in [-0.39, 0.29) is 11.5 Å². The Morgan fingerprint density at radius 1 is 1.41 bits per heavy atom. The minimum Gasteiger partial charge on any atom is -0.479 e. The number of hydrogen-bond donors (Lipinski definition) is 3. The molecule has 1 fully saturated rings. The minimum absolute atomic E-state index is 0.237. The summed E-state index contributed by atoms with van der Waals surface area (Å²) >= 11 is 1.50. The van der Waals surface area contributed by atoms with Crippen LogP contribution < -0.4 is 5.32 Å². The molecule has 7 heteroatoms. The number of thioether (sulfide) groups is 1. The zero-order valence-electron chi connectivity index (χ0n) is 11.9. The molecule has 0 aliphatic carbocycles. The highest BCUT2D eigenvalue weighted by atomic mass is 32.2. The summed E-state index contributed by atoms with van der Waals surface area (Å²) in [7, 11) is 0. The Kier molecular flexibility index (Phi) is 3.60. The van der Waals surface area contributed by atoms with E-state index in [1.165, 1.54) is 23.9 Å². The standard InChI is InChI=1S/C15H15FN2O3S/c1-8-4-9(16)5-11-10(8)6-12(17-11)13(19)18-15(14(20)21)2-3-22-7-15/h4-6,17H,2-3,7H2,1H3,(H,18,19)(H,20,21). The average Bonchev–Trinajstić information content (AvgIpc) is 3.05. The summed E-state index contributed by atoms with van der Waals surface area (Å²) in [6.45, 7) is 1.76. The number of amides is 1. The maximum atomic E-state index is 13.4. The summed E-state index contributed by atoms with van der Waals surface area (Å²) in [6, 6.07) is 4.33. The van der Waals surface area contributed by atoms with E-state index in [0.29, 0.717) is 23.4 Å². The molecular formula is C15H15FN2O3S. The van der Waals surface area contributed by atoms with Crippen molar-refractivity contribution in [2.45, 2.75) is 18.9 Å². The van der Waals surface area contributed by atoms with E-state index in [4.69, 9.17) is 0 Å². The first kappa shape index (κ1) is 14.9. The minimum atomic E-state index is -1.22. The van der Waals surface area contributed by atoms with E-state index in [2.05, 4.69) is 10.3 Å². The number of hydrogen-bond acceptors (Lipinski definition) is 3. The van der Waals surface area contributed by atoms with Gasteiger partial charge in [-0.3, -0.25) is 4.79 Å². The zero-order chi connectivity index (χ0) is 15.9. The van der Waals surface area contributed by atoms with Crippen LogP contribution in [0.2, 0.25) is 0 Å². The lowest BCUT2D eigenvalue weighted by Crippen LogP contribution is -2.54. The second-order valence-corrected chi connectivity index (χ2v) is 6.62. The normalized spacial score (nSPS) is 21.2. The van der Waals surface area contributed by atoms with Crippen molar-refractivity contribution in [1.82, 2.24) is 10.3 Å². The van der Waals surface area contributed by atoms with Gasteiger partial charge in [-0.1, -0.05) is 0 Å². The molecule has 3 N–H and O–H groups in total. The molecule has 1 aromatic carbocycles. The molecule has 0 radical (unpaired) electrons. The Balaban J connectivity index is 1.92. The third kappa shape index (κ3) is 2.45. The van der Waals surface area contributed by atoms with Crippen LogP contribution in [0.1, 0.15) is 22.5 Å². The van der Waals surface area contributed by atoms with Gasteiger partial charge in [0.05, 0.1) is 0 Å². The van der Waals surface area contributed by atoms with Crippen molar-refractivity contribution in [3.05, 3.63) is 35.3 Å². The van der Waals surface area contributed by atoms with Crippen LogP contribution in [-0.2, 0) is 4.79 Å².